The van der Waals surface area contributed by atoms with Gasteiger partial charge in [0.05, 0.1) is 0 Å². The molecule has 1 unspecified atom stereocenters. The molecule has 0 spiro atoms. The normalized spacial score (nSPS) is 16.2. The lowest BCUT2D eigenvalue weighted by atomic mass is 10.2. The van der Waals surface area contributed by atoms with E-state index in [-0.39, 0.29) is 17.7 Å². The molecule has 0 saturated heterocycles. The van der Waals surface area contributed by atoms with Crippen molar-refractivity contribution < 1.29 is 27.8 Å². The van der Waals surface area contributed by atoms with E-state index in [1.165, 1.54) is 43.3 Å². The molecule has 0 aliphatic heterocycles. The molecule has 2 rings (SSSR count). The summed E-state index contributed by atoms with van der Waals surface area (Å²) in [5.74, 6) is -0.920. The minimum atomic E-state index is -2.88. The van der Waals surface area contributed by atoms with E-state index in [2.05, 4.69) is 10.1 Å². The van der Waals surface area contributed by atoms with Crippen molar-refractivity contribution in [1.29, 1.82) is 0 Å². The van der Waals surface area contributed by atoms with Gasteiger partial charge in [-0.25, -0.2) is 4.79 Å². The number of hydrogen-bond donors (Lipinski definition) is 1. The second kappa shape index (κ2) is 9.15. The number of hydrogen-bond acceptors (Lipinski definition) is 4. The van der Waals surface area contributed by atoms with Crippen LogP contribution in [0.15, 0.2) is 30.3 Å². The number of benzene rings is 1. The number of esters is 1. The first kappa shape index (κ1) is 18.9. The molecule has 1 fully saturated rings. The molecule has 0 heterocycles. The molecule has 136 valence electrons. The van der Waals surface area contributed by atoms with Crippen molar-refractivity contribution >= 4 is 18.0 Å². The summed E-state index contributed by atoms with van der Waals surface area (Å²) in [5.41, 5.74) is 0.613. The smallest absolute Gasteiger partial charge is 0.387 e. The van der Waals surface area contributed by atoms with E-state index in [1.54, 1.807) is 0 Å². The third-order valence-electron chi connectivity index (χ3n) is 3.88. The summed E-state index contributed by atoms with van der Waals surface area (Å²) in [7, 11) is 0. The minimum Gasteiger partial charge on any atom is -0.449 e. The molecule has 1 aliphatic carbocycles. The van der Waals surface area contributed by atoms with Crippen LogP contribution in [0, 0.1) is 0 Å². The first-order chi connectivity index (χ1) is 11.9. The Kier molecular flexibility index (Phi) is 6.91. The number of amides is 1. The number of ether oxygens (including phenoxy) is 2. The number of carbonyl (C=O) groups excluding carboxylic acids is 2. The van der Waals surface area contributed by atoms with Gasteiger partial charge in [-0.05, 0) is 43.5 Å². The lowest BCUT2D eigenvalue weighted by molar-refractivity contribution is -0.150. The van der Waals surface area contributed by atoms with Crippen LogP contribution in [0.5, 0.6) is 5.75 Å². The average Bonchev–Trinajstić information content (AvgIpc) is 3.06. The molecule has 1 saturated carbocycles. The van der Waals surface area contributed by atoms with Gasteiger partial charge in [0.1, 0.15) is 5.75 Å². The Morgan fingerprint density at radius 3 is 2.44 bits per heavy atom. The second-order valence-electron chi connectivity index (χ2n) is 5.85. The lowest BCUT2D eigenvalue weighted by Gasteiger charge is -2.16. The molecule has 25 heavy (non-hydrogen) atoms. The zero-order valence-corrected chi connectivity index (χ0v) is 13.9. The molecule has 0 aromatic heterocycles. The van der Waals surface area contributed by atoms with E-state index in [0.29, 0.717) is 5.56 Å². The second-order valence-corrected chi connectivity index (χ2v) is 5.85. The Morgan fingerprint density at radius 2 is 1.84 bits per heavy atom. The zero-order chi connectivity index (χ0) is 18.2. The Bertz CT molecular complexity index is 610. The minimum absolute atomic E-state index is 0.0342. The van der Waals surface area contributed by atoms with E-state index in [4.69, 9.17) is 4.74 Å². The Balaban J connectivity index is 1.79. The third kappa shape index (κ3) is 6.52. The summed E-state index contributed by atoms with van der Waals surface area (Å²) in [6, 6.07) is 5.96. The van der Waals surface area contributed by atoms with Crippen molar-refractivity contribution in [3.05, 3.63) is 35.9 Å². The number of carbonyl (C=O) groups is 2. The van der Waals surface area contributed by atoms with Gasteiger partial charge in [-0.15, -0.1) is 0 Å². The molecule has 0 bridgehead atoms. The fraction of sp³-hybridized carbons (Fsp3) is 0.444. The number of nitrogens with one attached hydrogen (secondary N) is 1. The van der Waals surface area contributed by atoms with E-state index >= 15 is 0 Å². The first-order valence-corrected chi connectivity index (χ1v) is 8.18. The van der Waals surface area contributed by atoms with Crippen LogP contribution in [0.2, 0.25) is 0 Å². The fourth-order valence-corrected chi connectivity index (χ4v) is 2.58. The molecular weight excluding hydrogens is 332 g/mol. The SMILES string of the molecule is CC(OC(=O)/C=C/c1ccc(OC(F)F)cc1)C(=O)NC1CCCC1. The molecule has 1 amide bonds. The van der Waals surface area contributed by atoms with Gasteiger partial charge in [0, 0.05) is 12.1 Å². The number of halogens is 2. The third-order valence-corrected chi connectivity index (χ3v) is 3.88. The molecule has 7 heteroatoms. The van der Waals surface area contributed by atoms with Gasteiger partial charge in [-0.3, -0.25) is 4.79 Å². The van der Waals surface area contributed by atoms with Crippen LogP contribution in [0.25, 0.3) is 6.08 Å². The van der Waals surface area contributed by atoms with E-state index in [9.17, 15) is 18.4 Å². The Morgan fingerprint density at radius 1 is 1.20 bits per heavy atom. The number of alkyl halides is 2. The molecule has 1 aromatic rings. The van der Waals surface area contributed by atoms with Crippen LogP contribution in [-0.2, 0) is 14.3 Å². The molecule has 1 aromatic carbocycles. The lowest BCUT2D eigenvalue weighted by Crippen LogP contribution is -2.40. The van der Waals surface area contributed by atoms with E-state index in [0.717, 1.165) is 25.7 Å². The summed E-state index contributed by atoms with van der Waals surface area (Å²) in [5, 5.41) is 2.86. The van der Waals surface area contributed by atoms with Crippen molar-refractivity contribution in [3.8, 4) is 5.75 Å². The standard InChI is InChI=1S/C18H21F2NO4/c1-12(17(23)21-14-4-2-3-5-14)24-16(22)11-8-13-6-9-15(10-7-13)25-18(19)20/h6-12,14,18H,2-5H2,1H3,(H,21,23)/b11-8+. The number of rotatable bonds is 7. The summed E-state index contributed by atoms with van der Waals surface area (Å²) in [6.07, 6.45) is 5.89. The van der Waals surface area contributed by atoms with Crippen molar-refractivity contribution in [2.45, 2.75) is 51.4 Å². The summed E-state index contributed by atoms with van der Waals surface area (Å²) < 4.78 is 33.4. The van der Waals surface area contributed by atoms with Crippen LogP contribution in [0.1, 0.15) is 38.2 Å². The molecule has 5 nitrogen and oxygen atoms in total. The van der Waals surface area contributed by atoms with E-state index < -0.39 is 18.7 Å². The van der Waals surface area contributed by atoms with E-state index in [1.807, 2.05) is 0 Å². The summed E-state index contributed by atoms with van der Waals surface area (Å²) in [4.78, 5) is 23.7. The van der Waals surface area contributed by atoms with Crippen molar-refractivity contribution in [1.82, 2.24) is 5.32 Å². The maximum atomic E-state index is 12.1. The summed E-state index contributed by atoms with van der Waals surface area (Å²) >= 11 is 0. The largest absolute Gasteiger partial charge is 0.449 e. The molecule has 1 atom stereocenters. The molecular formula is C18H21F2NO4. The van der Waals surface area contributed by atoms with Gasteiger partial charge in [-0.1, -0.05) is 25.0 Å². The van der Waals surface area contributed by atoms with Gasteiger partial charge in [0.25, 0.3) is 5.91 Å². The van der Waals surface area contributed by atoms with Crippen LogP contribution in [-0.4, -0.2) is 30.6 Å². The predicted molar refractivity (Wildman–Crippen MR) is 88.1 cm³/mol. The topological polar surface area (TPSA) is 64.6 Å². The quantitative estimate of drug-likeness (QED) is 0.603. The molecule has 0 radical (unpaired) electrons. The van der Waals surface area contributed by atoms with Crippen molar-refractivity contribution in [3.63, 3.8) is 0 Å². The fourth-order valence-electron chi connectivity index (χ4n) is 2.58. The highest BCUT2D eigenvalue weighted by atomic mass is 19.3. The van der Waals surface area contributed by atoms with Gasteiger partial charge in [-0.2, -0.15) is 8.78 Å². The van der Waals surface area contributed by atoms with Crippen molar-refractivity contribution in [2.24, 2.45) is 0 Å². The maximum absolute atomic E-state index is 12.1. The average molecular weight is 353 g/mol. The zero-order valence-electron chi connectivity index (χ0n) is 13.9. The van der Waals surface area contributed by atoms with Crippen LogP contribution >= 0.6 is 0 Å². The highest BCUT2D eigenvalue weighted by molar-refractivity contribution is 5.90. The predicted octanol–water partition coefficient (Wildman–Crippen LogP) is 3.29. The van der Waals surface area contributed by atoms with Crippen LogP contribution < -0.4 is 10.1 Å². The van der Waals surface area contributed by atoms with Crippen molar-refractivity contribution in [2.75, 3.05) is 0 Å². The van der Waals surface area contributed by atoms with Gasteiger partial charge in [0.15, 0.2) is 6.10 Å². The Hall–Kier alpha value is -2.44. The molecule has 1 aliphatic rings. The van der Waals surface area contributed by atoms with Crippen LogP contribution in [0.4, 0.5) is 8.78 Å². The highest BCUT2D eigenvalue weighted by Gasteiger charge is 2.22. The van der Waals surface area contributed by atoms with Crippen LogP contribution in [0.3, 0.4) is 0 Å². The van der Waals surface area contributed by atoms with Gasteiger partial charge < -0.3 is 14.8 Å². The molecule has 1 N–H and O–H groups in total. The summed E-state index contributed by atoms with van der Waals surface area (Å²) in [6.45, 7) is -1.36. The van der Waals surface area contributed by atoms with Gasteiger partial charge >= 0.3 is 12.6 Å². The van der Waals surface area contributed by atoms with Gasteiger partial charge in [0.2, 0.25) is 0 Å². The first-order valence-electron chi connectivity index (χ1n) is 8.18. The highest BCUT2D eigenvalue weighted by Crippen LogP contribution is 2.18. The monoisotopic (exact) mass is 353 g/mol. The maximum Gasteiger partial charge on any atom is 0.387 e. The Labute approximate surface area is 145 Å².